The highest BCUT2D eigenvalue weighted by Crippen LogP contribution is 2.45. The summed E-state index contributed by atoms with van der Waals surface area (Å²) >= 11 is 1.59. The molecule has 1 aliphatic carbocycles. The van der Waals surface area contributed by atoms with Gasteiger partial charge in [0.1, 0.15) is 12.4 Å². The quantitative estimate of drug-likeness (QED) is 0.882. The number of rotatable bonds is 5. The Morgan fingerprint density at radius 3 is 2.92 bits per heavy atom. The number of hydrogen-bond acceptors (Lipinski definition) is 5. The van der Waals surface area contributed by atoms with Crippen molar-refractivity contribution in [3.63, 3.8) is 0 Å². The largest absolute Gasteiger partial charge is 0.487 e. The van der Waals surface area contributed by atoms with Crippen molar-refractivity contribution in [1.82, 2.24) is 9.88 Å². The molecule has 0 radical (unpaired) electrons. The Labute approximate surface area is 153 Å². The summed E-state index contributed by atoms with van der Waals surface area (Å²) in [6, 6.07) is 8.26. The summed E-state index contributed by atoms with van der Waals surface area (Å²) in [5, 5.41) is 12.4. The molecule has 2 aromatic rings. The summed E-state index contributed by atoms with van der Waals surface area (Å²) in [6.45, 7) is 3.21. The molecule has 1 unspecified atom stereocenters. The number of β-amino-alcohol motifs (C(OH)–C–C–N with tert-alkyl or cyclic N) is 1. The first kappa shape index (κ1) is 17.0. The van der Waals surface area contributed by atoms with Crippen molar-refractivity contribution in [1.29, 1.82) is 0 Å². The number of aromatic nitrogens is 1. The summed E-state index contributed by atoms with van der Waals surface area (Å²) in [4.78, 5) is 6.71. The smallest absolute Gasteiger partial charge is 0.131 e. The molecule has 1 atom stereocenters. The first-order chi connectivity index (χ1) is 12.2. The molecule has 1 aliphatic heterocycles. The SMILES string of the molecule is OC1CN(Cc2ccccc2OCc2cscn2)CC2(CCCC2)C1. The molecule has 0 amide bonds. The van der Waals surface area contributed by atoms with Crippen LogP contribution in [0.4, 0.5) is 0 Å². The Balaban J connectivity index is 1.44. The van der Waals surface area contributed by atoms with E-state index in [1.54, 1.807) is 11.3 Å². The van der Waals surface area contributed by atoms with Crippen molar-refractivity contribution in [3.8, 4) is 5.75 Å². The van der Waals surface area contributed by atoms with E-state index in [0.29, 0.717) is 12.0 Å². The van der Waals surface area contributed by atoms with E-state index in [9.17, 15) is 5.11 Å². The minimum atomic E-state index is -0.199. The van der Waals surface area contributed by atoms with Crippen LogP contribution in [0.25, 0.3) is 0 Å². The monoisotopic (exact) mass is 358 g/mol. The lowest BCUT2D eigenvalue weighted by atomic mass is 9.77. The normalized spacial score (nSPS) is 23.2. The van der Waals surface area contributed by atoms with Crippen LogP contribution in [0.2, 0.25) is 0 Å². The van der Waals surface area contributed by atoms with Crippen LogP contribution < -0.4 is 4.74 Å². The second kappa shape index (κ2) is 7.44. The highest BCUT2D eigenvalue weighted by Gasteiger charge is 2.41. The third-order valence-corrected chi connectivity index (χ3v) is 6.22. The fourth-order valence-corrected chi connectivity index (χ4v) is 5.09. The number of para-hydroxylation sites is 1. The zero-order valence-electron chi connectivity index (χ0n) is 14.6. The van der Waals surface area contributed by atoms with Crippen LogP contribution >= 0.6 is 11.3 Å². The number of likely N-dealkylation sites (tertiary alicyclic amines) is 1. The van der Waals surface area contributed by atoms with E-state index < -0.39 is 0 Å². The number of ether oxygens (including phenoxy) is 1. The lowest BCUT2D eigenvalue weighted by molar-refractivity contribution is -0.0111. The number of benzene rings is 1. The van der Waals surface area contributed by atoms with Crippen LogP contribution in [0.15, 0.2) is 35.2 Å². The summed E-state index contributed by atoms with van der Waals surface area (Å²) in [5.41, 5.74) is 4.34. The van der Waals surface area contributed by atoms with Gasteiger partial charge in [-0.2, -0.15) is 0 Å². The van der Waals surface area contributed by atoms with Gasteiger partial charge < -0.3 is 9.84 Å². The molecular formula is C20H26N2O2S. The Morgan fingerprint density at radius 2 is 2.12 bits per heavy atom. The van der Waals surface area contributed by atoms with Gasteiger partial charge in [-0.25, -0.2) is 4.98 Å². The van der Waals surface area contributed by atoms with Crippen LogP contribution in [0.5, 0.6) is 5.75 Å². The van der Waals surface area contributed by atoms with Crippen LogP contribution in [0, 0.1) is 5.41 Å². The van der Waals surface area contributed by atoms with Gasteiger partial charge in [0.15, 0.2) is 0 Å². The first-order valence-corrected chi connectivity index (χ1v) is 10.1. The average Bonchev–Trinajstić information content (AvgIpc) is 3.26. The third kappa shape index (κ3) is 4.05. The van der Waals surface area contributed by atoms with Gasteiger partial charge in [-0.3, -0.25) is 4.90 Å². The van der Waals surface area contributed by atoms with Gasteiger partial charge in [0.05, 0.1) is 17.3 Å². The molecule has 1 N–H and O–H groups in total. The molecule has 25 heavy (non-hydrogen) atoms. The predicted octanol–water partition coefficient (Wildman–Crippen LogP) is 3.85. The summed E-state index contributed by atoms with van der Waals surface area (Å²) < 4.78 is 6.02. The van der Waals surface area contributed by atoms with Crippen molar-refractivity contribution in [2.24, 2.45) is 5.41 Å². The Kier molecular flexibility index (Phi) is 5.06. The maximum atomic E-state index is 10.4. The summed E-state index contributed by atoms with van der Waals surface area (Å²) in [6.07, 6.45) is 5.94. The molecule has 2 heterocycles. The van der Waals surface area contributed by atoms with Crippen LogP contribution in [0.1, 0.15) is 43.4 Å². The standard InChI is InChI=1S/C20H26N2O2S/c23-18-9-20(7-3-4-8-20)14-22(11-18)10-16-5-1-2-6-19(16)24-12-17-13-25-15-21-17/h1-2,5-6,13,15,18,23H,3-4,7-12,14H2. The van der Waals surface area contributed by atoms with Crippen LogP contribution in [-0.4, -0.2) is 34.2 Å². The van der Waals surface area contributed by atoms with Gasteiger partial charge in [0.2, 0.25) is 0 Å². The summed E-state index contributed by atoms with van der Waals surface area (Å²) in [5.74, 6) is 0.927. The molecule has 1 saturated heterocycles. The van der Waals surface area contributed by atoms with Crippen LogP contribution in [0.3, 0.4) is 0 Å². The third-order valence-electron chi connectivity index (χ3n) is 5.59. The minimum Gasteiger partial charge on any atom is -0.487 e. The molecule has 134 valence electrons. The van der Waals surface area contributed by atoms with E-state index in [0.717, 1.165) is 37.5 Å². The number of nitrogens with zero attached hydrogens (tertiary/aromatic N) is 2. The fourth-order valence-electron chi connectivity index (χ4n) is 4.55. The number of aliphatic hydroxyl groups excluding tert-OH is 1. The fraction of sp³-hybridized carbons (Fsp3) is 0.550. The lowest BCUT2D eigenvalue weighted by Crippen LogP contribution is -2.48. The van der Waals surface area contributed by atoms with E-state index in [1.165, 1.54) is 31.2 Å². The highest BCUT2D eigenvalue weighted by molar-refractivity contribution is 7.07. The molecule has 4 nitrogen and oxygen atoms in total. The first-order valence-electron chi connectivity index (χ1n) is 9.21. The number of piperidine rings is 1. The Bertz CT molecular complexity index is 683. The highest BCUT2D eigenvalue weighted by atomic mass is 32.1. The van der Waals surface area contributed by atoms with Gasteiger partial charge in [0, 0.05) is 30.6 Å². The van der Waals surface area contributed by atoms with Gasteiger partial charge in [-0.15, -0.1) is 11.3 Å². The lowest BCUT2D eigenvalue weighted by Gasteiger charge is -2.43. The second-order valence-corrected chi connectivity index (χ2v) is 8.33. The van der Waals surface area contributed by atoms with E-state index >= 15 is 0 Å². The molecule has 1 aromatic carbocycles. The topological polar surface area (TPSA) is 45.6 Å². The molecular weight excluding hydrogens is 332 g/mol. The van der Waals surface area contributed by atoms with E-state index in [2.05, 4.69) is 22.0 Å². The molecule has 2 aliphatic rings. The van der Waals surface area contributed by atoms with Crippen molar-refractivity contribution in [2.45, 2.75) is 51.4 Å². The molecule has 1 spiro atoms. The number of thiazole rings is 1. The molecule has 2 fully saturated rings. The second-order valence-electron chi connectivity index (χ2n) is 7.61. The zero-order chi connectivity index (χ0) is 17.1. The van der Waals surface area contributed by atoms with Crippen molar-refractivity contribution >= 4 is 11.3 Å². The van der Waals surface area contributed by atoms with Gasteiger partial charge in [-0.05, 0) is 30.7 Å². The maximum absolute atomic E-state index is 10.4. The van der Waals surface area contributed by atoms with Gasteiger partial charge >= 0.3 is 0 Å². The van der Waals surface area contributed by atoms with E-state index in [4.69, 9.17) is 4.74 Å². The Hall–Kier alpha value is -1.43. The molecule has 4 rings (SSSR count). The molecule has 1 aromatic heterocycles. The Morgan fingerprint density at radius 1 is 1.28 bits per heavy atom. The molecule has 0 bridgehead atoms. The molecule has 5 heteroatoms. The van der Waals surface area contributed by atoms with E-state index in [-0.39, 0.29) is 6.10 Å². The summed E-state index contributed by atoms with van der Waals surface area (Å²) in [7, 11) is 0. The van der Waals surface area contributed by atoms with Gasteiger partial charge in [-0.1, -0.05) is 31.0 Å². The average molecular weight is 359 g/mol. The number of aliphatic hydroxyl groups is 1. The van der Waals surface area contributed by atoms with Gasteiger partial charge in [0.25, 0.3) is 0 Å². The van der Waals surface area contributed by atoms with E-state index in [1.807, 2.05) is 23.0 Å². The minimum absolute atomic E-state index is 0.199. The van der Waals surface area contributed by atoms with Crippen molar-refractivity contribution < 1.29 is 9.84 Å². The zero-order valence-corrected chi connectivity index (χ0v) is 15.4. The number of hydrogen-bond donors (Lipinski definition) is 1. The van der Waals surface area contributed by atoms with Crippen LogP contribution in [-0.2, 0) is 13.2 Å². The van der Waals surface area contributed by atoms with Crippen molar-refractivity contribution in [3.05, 3.63) is 46.4 Å². The predicted molar refractivity (Wildman–Crippen MR) is 99.7 cm³/mol. The van der Waals surface area contributed by atoms with Crippen molar-refractivity contribution in [2.75, 3.05) is 13.1 Å². The molecule has 1 saturated carbocycles. The maximum Gasteiger partial charge on any atom is 0.131 e.